The van der Waals surface area contributed by atoms with Gasteiger partial charge in [0, 0.05) is 11.2 Å². The van der Waals surface area contributed by atoms with E-state index in [1.165, 1.54) is 30.5 Å². The van der Waals surface area contributed by atoms with Crippen molar-refractivity contribution in [3.8, 4) is 0 Å². The number of sulfonamides is 1. The van der Waals surface area contributed by atoms with Gasteiger partial charge in [0.05, 0.1) is 10.5 Å². The number of rotatable bonds is 4. The Morgan fingerprint density at radius 1 is 1.29 bits per heavy atom. The maximum absolute atomic E-state index is 12.3. The number of anilines is 1. The molecule has 6 nitrogen and oxygen atoms in total. The van der Waals surface area contributed by atoms with Crippen LogP contribution in [0.1, 0.15) is 15.9 Å². The van der Waals surface area contributed by atoms with Crippen LogP contribution in [0.25, 0.3) is 0 Å². The van der Waals surface area contributed by atoms with Crippen molar-refractivity contribution in [1.29, 1.82) is 0 Å². The van der Waals surface area contributed by atoms with Crippen molar-refractivity contribution in [3.05, 3.63) is 52.7 Å². The molecule has 0 spiro atoms. The summed E-state index contributed by atoms with van der Waals surface area (Å²) in [7, 11) is -3.87. The number of benzene rings is 1. The molecule has 1 aromatic carbocycles. The number of pyridine rings is 1. The standard InChI is InChI=1S/C13H11ClN2O4S/c1-8-6-10(14)2-3-11(8)21(19,20)16-12-7-9(13(17)18)4-5-15-12/h2-7H,1H3,(H,15,16)(H,17,18). The molecule has 0 aliphatic carbocycles. The van der Waals surface area contributed by atoms with Crippen molar-refractivity contribution >= 4 is 33.4 Å². The van der Waals surface area contributed by atoms with E-state index in [0.29, 0.717) is 10.6 Å². The Morgan fingerprint density at radius 2 is 2.00 bits per heavy atom. The SMILES string of the molecule is Cc1cc(Cl)ccc1S(=O)(=O)Nc1cc(C(=O)O)ccn1. The first kappa shape index (κ1) is 15.3. The van der Waals surface area contributed by atoms with Crippen LogP contribution >= 0.6 is 11.6 Å². The monoisotopic (exact) mass is 326 g/mol. The third-order valence-corrected chi connectivity index (χ3v) is 4.42. The fourth-order valence-corrected chi connectivity index (χ4v) is 3.18. The van der Waals surface area contributed by atoms with Gasteiger partial charge in [-0.3, -0.25) is 4.72 Å². The zero-order chi connectivity index (χ0) is 15.6. The predicted octanol–water partition coefficient (Wildman–Crippen LogP) is 2.54. The lowest BCUT2D eigenvalue weighted by Gasteiger charge is -2.10. The number of nitrogens with zero attached hydrogens (tertiary/aromatic N) is 1. The third-order valence-electron chi connectivity index (χ3n) is 2.67. The van der Waals surface area contributed by atoms with E-state index < -0.39 is 16.0 Å². The van der Waals surface area contributed by atoms with Gasteiger partial charge in [0.2, 0.25) is 0 Å². The molecule has 0 saturated carbocycles. The van der Waals surface area contributed by atoms with Crippen LogP contribution in [0.3, 0.4) is 0 Å². The smallest absolute Gasteiger partial charge is 0.335 e. The summed E-state index contributed by atoms with van der Waals surface area (Å²) in [5.74, 6) is -1.23. The molecule has 0 aliphatic heterocycles. The Kier molecular flexibility index (Phi) is 4.15. The summed E-state index contributed by atoms with van der Waals surface area (Å²) in [6, 6.07) is 6.78. The fraction of sp³-hybridized carbons (Fsp3) is 0.0769. The highest BCUT2D eigenvalue weighted by molar-refractivity contribution is 7.92. The highest BCUT2D eigenvalue weighted by atomic mass is 35.5. The second-order valence-electron chi connectivity index (χ2n) is 4.25. The summed E-state index contributed by atoms with van der Waals surface area (Å²) in [6.07, 6.45) is 1.22. The Morgan fingerprint density at radius 3 is 2.62 bits per heavy atom. The van der Waals surface area contributed by atoms with Crippen molar-refractivity contribution in [2.75, 3.05) is 4.72 Å². The van der Waals surface area contributed by atoms with Crippen LogP contribution in [0.5, 0.6) is 0 Å². The highest BCUT2D eigenvalue weighted by Crippen LogP contribution is 2.21. The number of aromatic carboxylic acids is 1. The number of carboxylic acids is 1. The molecule has 0 amide bonds. The highest BCUT2D eigenvalue weighted by Gasteiger charge is 2.18. The summed E-state index contributed by atoms with van der Waals surface area (Å²) in [6.45, 7) is 1.61. The Labute approximate surface area is 126 Å². The van der Waals surface area contributed by atoms with E-state index in [1.54, 1.807) is 6.92 Å². The normalized spacial score (nSPS) is 11.1. The summed E-state index contributed by atoms with van der Waals surface area (Å²) in [5.41, 5.74) is 0.417. The van der Waals surface area contributed by atoms with Crippen LogP contribution in [-0.2, 0) is 10.0 Å². The largest absolute Gasteiger partial charge is 0.478 e. The maximum atomic E-state index is 12.3. The number of carboxylic acid groups (broad SMARTS) is 1. The zero-order valence-electron chi connectivity index (χ0n) is 10.9. The first-order valence-corrected chi connectivity index (χ1v) is 7.64. The lowest BCUT2D eigenvalue weighted by Crippen LogP contribution is -2.15. The van der Waals surface area contributed by atoms with Gasteiger partial charge in [0.25, 0.3) is 10.0 Å². The van der Waals surface area contributed by atoms with Gasteiger partial charge in [-0.15, -0.1) is 0 Å². The van der Waals surface area contributed by atoms with Gasteiger partial charge in [0.15, 0.2) is 0 Å². The van der Waals surface area contributed by atoms with Gasteiger partial charge in [0.1, 0.15) is 5.82 Å². The molecule has 8 heteroatoms. The quantitative estimate of drug-likeness (QED) is 0.900. The first-order valence-electron chi connectivity index (χ1n) is 5.78. The summed E-state index contributed by atoms with van der Waals surface area (Å²) in [5, 5.41) is 9.31. The van der Waals surface area contributed by atoms with Gasteiger partial charge in [-0.25, -0.2) is 18.2 Å². The second-order valence-corrected chi connectivity index (χ2v) is 6.34. The Balaban J connectivity index is 2.37. The molecule has 0 unspecified atom stereocenters. The minimum atomic E-state index is -3.87. The van der Waals surface area contributed by atoms with Gasteiger partial charge < -0.3 is 5.11 Å². The molecule has 0 saturated heterocycles. The van der Waals surface area contributed by atoms with E-state index in [4.69, 9.17) is 16.7 Å². The van der Waals surface area contributed by atoms with Crippen LogP contribution in [0.15, 0.2) is 41.4 Å². The van der Waals surface area contributed by atoms with Crippen molar-refractivity contribution in [2.24, 2.45) is 0 Å². The molecule has 0 fully saturated rings. The number of hydrogen-bond acceptors (Lipinski definition) is 4. The number of hydrogen-bond donors (Lipinski definition) is 2. The van der Waals surface area contributed by atoms with Crippen molar-refractivity contribution in [3.63, 3.8) is 0 Å². The lowest BCUT2D eigenvalue weighted by atomic mass is 10.2. The molecule has 2 aromatic rings. The van der Waals surface area contributed by atoms with Gasteiger partial charge in [-0.1, -0.05) is 11.6 Å². The minimum Gasteiger partial charge on any atom is -0.478 e. The molecule has 110 valence electrons. The second kappa shape index (κ2) is 5.71. The molecule has 0 radical (unpaired) electrons. The third kappa shape index (κ3) is 3.50. The van der Waals surface area contributed by atoms with E-state index in [-0.39, 0.29) is 16.3 Å². The van der Waals surface area contributed by atoms with E-state index in [9.17, 15) is 13.2 Å². The molecule has 0 aliphatic rings. The molecular formula is C13H11ClN2O4S. The van der Waals surface area contributed by atoms with Crippen molar-refractivity contribution < 1.29 is 18.3 Å². The summed E-state index contributed by atoms with van der Waals surface area (Å²) < 4.78 is 26.8. The molecular weight excluding hydrogens is 316 g/mol. The number of halogens is 1. The molecule has 2 N–H and O–H groups in total. The van der Waals surface area contributed by atoms with E-state index in [1.807, 2.05) is 0 Å². The number of carbonyl (C=O) groups is 1. The number of nitrogens with one attached hydrogen (secondary N) is 1. The summed E-state index contributed by atoms with van der Waals surface area (Å²) >= 11 is 5.79. The van der Waals surface area contributed by atoms with E-state index in [0.717, 1.165) is 6.07 Å². The molecule has 2 rings (SSSR count). The van der Waals surface area contributed by atoms with Crippen molar-refractivity contribution in [2.45, 2.75) is 11.8 Å². The maximum Gasteiger partial charge on any atom is 0.335 e. The van der Waals surface area contributed by atoms with E-state index in [2.05, 4.69) is 9.71 Å². The molecule has 0 atom stereocenters. The average molecular weight is 327 g/mol. The van der Waals surface area contributed by atoms with Crippen LogP contribution in [0, 0.1) is 6.92 Å². The molecule has 1 aromatic heterocycles. The van der Waals surface area contributed by atoms with Crippen LogP contribution in [-0.4, -0.2) is 24.5 Å². The van der Waals surface area contributed by atoms with Gasteiger partial charge >= 0.3 is 5.97 Å². The average Bonchev–Trinajstić information content (AvgIpc) is 2.37. The van der Waals surface area contributed by atoms with Gasteiger partial charge in [-0.05, 0) is 42.8 Å². The molecule has 1 heterocycles. The lowest BCUT2D eigenvalue weighted by molar-refractivity contribution is 0.0697. The predicted molar refractivity (Wildman–Crippen MR) is 78.2 cm³/mol. The molecule has 0 bridgehead atoms. The fourth-order valence-electron chi connectivity index (χ4n) is 1.73. The first-order chi connectivity index (χ1) is 9.79. The van der Waals surface area contributed by atoms with Crippen molar-refractivity contribution in [1.82, 2.24) is 4.98 Å². The Hall–Kier alpha value is -2.12. The van der Waals surface area contributed by atoms with Crippen LogP contribution < -0.4 is 4.72 Å². The Bertz CT molecular complexity index is 806. The summed E-state index contributed by atoms with van der Waals surface area (Å²) in [4.78, 5) is 14.7. The minimum absolute atomic E-state index is 0.0504. The number of aromatic nitrogens is 1. The molecule has 21 heavy (non-hydrogen) atoms. The zero-order valence-corrected chi connectivity index (χ0v) is 12.4. The number of aryl methyl sites for hydroxylation is 1. The van der Waals surface area contributed by atoms with Crippen LogP contribution in [0.2, 0.25) is 5.02 Å². The van der Waals surface area contributed by atoms with Gasteiger partial charge in [-0.2, -0.15) is 0 Å². The van der Waals surface area contributed by atoms with Crippen LogP contribution in [0.4, 0.5) is 5.82 Å². The van der Waals surface area contributed by atoms with E-state index >= 15 is 0 Å². The topological polar surface area (TPSA) is 96.4 Å².